The molecular weight excluding hydrogens is 403 g/mol. The lowest BCUT2D eigenvalue weighted by Gasteiger charge is -2.32. The Morgan fingerprint density at radius 3 is 2.30 bits per heavy atom. The van der Waals surface area contributed by atoms with Gasteiger partial charge >= 0.3 is 0 Å². The molecule has 0 aromatic heterocycles. The zero-order valence-electron chi connectivity index (χ0n) is 17.3. The van der Waals surface area contributed by atoms with Gasteiger partial charge in [-0.05, 0) is 61.4 Å². The van der Waals surface area contributed by atoms with E-state index in [9.17, 15) is 17.6 Å². The number of anilines is 1. The van der Waals surface area contributed by atoms with E-state index >= 15 is 0 Å². The first kappa shape index (κ1) is 22.3. The number of rotatable bonds is 8. The van der Waals surface area contributed by atoms with Crippen molar-refractivity contribution < 1.29 is 17.6 Å². The van der Waals surface area contributed by atoms with Crippen LogP contribution in [0.15, 0.2) is 54.6 Å². The number of likely N-dealkylation sites (tertiary alicyclic amines) is 1. The van der Waals surface area contributed by atoms with Gasteiger partial charge in [-0.1, -0.05) is 30.3 Å². The molecule has 1 fully saturated rings. The van der Waals surface area contributed by atoms with Crippen LogP contribution in [0.5, 0.6) is 0 Å². The van der Waals surface area contributed by atoms with Crippen molar-refractivity contribution >= 4 is 21.6 Å². The topological polar surface area (TPSA) is 57.7 Å². The summed E-state index contributed by atoms with van der Waals surface area (Å²) >= 11 is 0. The molecule has 0 aliphatic carbocycles. The summed E-state index contributed by atoms with van der Waals surface area (Å²) in [5.41, 5.74) is 1.75. The summed E-state index contributed by atoms with van der Waals surface area (Å²) in [5, 5.41) is 0. The molecular formula is C23H29FN2O3S. The van der Waals surface area contributed by atoms with Crippen LogP contribution < -0.4 is 4.31 Å². The van der Waals surface area contributed by atoms with E-state index in [0.717, 1.165) is 38.6 Å². The van der Waals surface area contributed by atoms with E-state index in [1.165, 1.54) is 34.1 Å². The van der Waals surface area contributed by atoms with Crippen LogP contribution in [0.2, 0.25) is 0 Å². The van der Waals surface area contributed by atoms with Gasteiger partial charge in [-0.25, -0.2) is 12.8 Å². The summed E-state index contributed by atoms with van der Waals surface area (Å²) in [6, 6.07) is 15.8. The highest BCUT2D eigenvalue weighted by Gasteiger charge is 2.23. The van der Waals surface area contributed by atoms with Gasteiger partial charge in [0, 0.05) is 26.1 Å². The third-order valence-electron chi connectivity index (χ3n) is 5.60. The second-order valence-corrected chi connectivity index (χ2v) is 9.84. The number of nitrogens with zero attached hydrogens (tertiary/aromatic N) is 2. The molecule has 3 rings (SSSR count). The molecule has 0 radical (unpaired) electrons. The number of piperidine rings is 1. The van der Waals surface area contributed by atoms with Crippen molar-refractivity contribution in [3.05, 3.63) is 66.0 Å². The van der Waals surface area contributed by atoms with E-state index in [1.54, 1.807) is 0 Å². The minimum absolute atomic E-state index is 0.0701. The first-order valence-corrected chi connectivity index (χ1v) is 12.2. The van der Waals surface area contributed by atoms with Crippen LogP contribution in [0.25, 0.3) is 0 Å². The Bertz CT molecular complexity index is 925. The van der Waals surface area contributed by atoms with Crippen molar-refractivity contribution in [2.45, 2.75) is 32.1 Å². The average Bonchev–Trinajstić information content (AvgIpc) is 2.72. The molecule has 0 unspecified atom stereocenters. The molecule has 0 saturated carbocycles. The summed E-state index contributed by atoms with van der Waals surface area (Å²) in [5.74, 6) is 0.245. The van der Waals surface area contributed by atoms with Gasteiger partial charge in [0.1, 0.15) is 5.82 Å². The summed E-state index contributed by atoms with van der Waals surface area (Å²) in [6.45, 7) is 1.70. The van der Waals surface area contributed by atoms with Crippen LogP contribution in [-0.4, -0.2) is 45.1 Å². The average molecular weight is 433 g/mol. The fourth-order valence-corrected chi connectivity index (χ4v) is 4.93. The number of benzene rings is 2. The molecule has 1 saturated heterocycles. The Kier molecular flexibility index (Phi) is 7.48. The normalized spacial score (nSPS) is 15.2. The van der Waals surface area contributed by atoms with Crippen molar-refractivity contribution in [3.63, 3.8) is 0 Å². The zero-order valence-corrected chi connectivity index (χ0v) is 18.2. The lowest BCUT2D eigenvalue weighted by Crippen LogP contribution is -2.39. The Morgan fingerprint density at radius 1 is 1.07 bits per heavy atom. The minimum Gasteiger partial charge on any atom is -0.343 e. The maximum Gasteiger partial charge on any atom is 0.232 e. The van der Waals surface area contributed by atoms with Crippen LogP contribution >= 0.6 is 0 Å². The van der Waals surface area contributed by atoms with Gasteiger partial charge in [0.2, 0.25) is 15.9 Å². The van der Waals surface area contributed by atoms with Crippen LogP contribution in [-0.2, 0) is 21.2 Å². The Hall–Kier alpha value is -2.41. The Balaban J connectivity index is 1.46. The van der Waals surface area contributed by atoms with Gasteiger partial charge in [-0.2, -0.15) is 0 Å². The number of sulfonamides is 1. The second-order valence-electron chi connectivity index (χ2n) is 7.93. The van der Waals surface area contributed by atoms with Gasteiger partial charge in [0.25, 0.3) is 0 Å². The van der Waals surface area contributed by atoms with Crippen LogP contribution in [0.3, 0.4) is 0 Å². The molecule has 1 amide bonds. The van der Waals surface area contributed by atoms with Gasteiger partial charge in [-0.15, -0.1) is 0 Å². The van der Waals surface area contributed by atoms with Gasteiger partial charge in [-0.3, -0.25) is 9.10 Å². The number of halogens is 1. The summed E-state index contributed by atoms with van der Waals surface area (Å²) in [6.07, 6.45) is 4.88. The Morgan fingerprint density at radius 2 is 1.70 bits per heavy atom. The van der Waals surface area contributed by atoms with Gasteiger partial charge in [0.05, 0.1) is 11.9 Å². The Labute approximate surface area is 178 Å². The number of carbonyl (C=O) groups excluding carboxylic acids is 1. The monoisotopic (exact) mass is 432 g/mol. The highest BCUT2D eigenvalue weighted by Crippen LogP contribution is 2.23. The van der Waals surface area contributed by atoms with Crippen molar-refractivity contribution in [1.29, 1.82) is 0 Å². The summed E-state index contributed by atoms with van der Waals surface area (Å²) in [4.78, 5) is 14.5. The first-order chi connectivity index (χ1) is 14.3. The SMILES string of the molecule is CS(=O)(=O)N(CCCC(=O)N1CCC(Cc2ccccc2)CC1)c1ccc(F)cc1. The number of hydrogen-bond donors (Lipinski definition) is 0. The fourth-order valence-electron chi connectivity index (χ4n) is 3.96. The number of hydrogen-bond acceptors (Lipinski definition) is 3. The van der Waals surface area contributed by atoms with E-state index in [-0.39, 0.29) is 12.5 Å². The molecule has 1 heterocycles. The van der Waals surface area contributed by atoms with Crippen molar-refractivity contribution in [2.24, 2.45) is 5.92 Å². The molecule has 30 heavy (non-hydrogen) atoms. The largest absolute Gasteiger partial charge is 0.343 e. The van der Waals surface area contributed by atoms with Crippen LogP contribution in [0.4, 0.5) is 10.1 Å². The molecule has 1 aliphatic rings. The fraction of sp³-hybridized carbons (Fsp3) is 0.435. The van der Waals surface area contributed by atoms with Gasteiger partial charge < -0.3 is 4.90 Å². The first-order valence-electron chi connectivity index (χ1n) is 10.4. The minimum atomic E-state index is -3.50. The molecule has 1 aliphatic heterocycles. The third kappa shape index (κ3) is 6.29. The predicted octanol–water partition coefficient (Wildman–Crippen LogP) is 3.85. The smallest absolute Gasteiger partial charge is 0.232 e. The molecule has 162 valence electrons. The van der Waals surface area contributed by atoms with E-state index in [4.69, 9.17) is 0 Å². The van der Waals surface area contributed by atoms with Crippen molar-refractivity contribution in [3.8, 4) is 0 Å². The maximum atomic E-state index is 13.1. The van der Waals surface area contributed by atoms with Crippen LogP contribution in [0, 0.1) is 11.7 Å². The summed E-state index contributed by atoms with van der Waals surface area (Å²) in [7, 11) is -3.50. The molecule has 0 atom stereocenters. The quantitative estimate of drug-likeness (QED) is 0.637. The lowest BCUT2D eigenvalue weighted by atomic mass is 9.90. The molecule has 2 aromatic carbocycles. The third-order valence-corrected chi connectivity index (χ3v) is 6.80. The van der Waals surface area contributed by atoms with Crippen molar-refractivity contribution in [1.82, 2.24) is 4.90 Å². The molecule has 7 heteroatoms. The molecule has 0 N–H and O–H groups in total. The van der Waals surface area contributed by atoms with Crippen LogP contribution in [0.1, 0.15) is 31.2 Å². The predicted molar refractivity (Wildman–Crippen MR) is 117 cm³/mol. The lowest BCUT2D eigenvalue weighted by molar-refractivity contribution is -0.132. The molecule has 2 aromatic rings. The molecule has 5 nitrogen and oxygen atoms in total. The van der Waals surface area contributed by atoms with E-state index < -0.39 is 15.8 Å². The molecule has 0 spiro atoms. The van der Waals surface area contributed by atoms with Gasteiger partial charge in [0.15, 0.2) is 0 Å². The zero-order chi connectivity index (χ0) is 21.6. The van der Waals surface area contributed by atoms with E-state index in [0.29, 0.717) is 24.4 Å². The number of amides is 1. The highest BCUT2D eigenvalue weighted by molar-refractivity contribution is 7.92. The van der Waals surface area contributed by atoms with Crippen molar-refractivity contribution in [2.75, 3.05) is 30.2 Å². The number of carbonyl (C=O) groups is 1. The highest BCUT2D eigenvalue weighted by atomic mass is 32.2. The van der Waals surface area contributed by atoms with E-state index in [2.05, 4.69) is 24.3 Å². The maximum absolute atomic E-state index is 13.1. The molecule has 0 bridgehead atoms. The second kappa shape index (κ2) is 10.1. The van der Waals surface area contributed by atoms with E-state index in [1.807, 2.05) is 11.0 Å². The summed E-state index contributed by atoms with van der Waals surface area (Å²) < 4.78 is 38.6. The standard InChI is InChI=1S/C23H29FN2O3S/c1-30(28,29)26(22-11-9-21(24)10-12-22)15-5-8-23(27)25-16-13-20(14-17-25)18-19-6-3-2-4-7-19/h2-4,6-7,9-12,20H,5,8,13-18H2,1H3.